The molecule has 2 N–H and O–H groups in total. The van der Waals surface area contributed by atoms with E-state index in [0.29, 0.717) is 22.6 Å². The van der Waals surface area contributed by atoms with Crippen LogP contribution in [0.15, 0.2) is 29.1 Å². The van der Waals surface area contributed by atoms with E-state index < -0.39 is 0 Å². The van der Waals surface area contributed by atoms with Crippen molar-refractivity contribution in [1.82, 2.24) is 14.9 Å². The molecule has 0 radical (unpaired) electrons. The van der Waals surface area contributed by atoms with Crippen LogP contribution in [0.25, 0.3) is 10.9 Å². The van der Waals surface area contributed by atoms with Crippen LogP contribution in [-0.4, -0.2) is 21.5 Å². The predicted molar refractivity (Wildman–Crippen MR) is 97.6 cm³/mol. The number of rotatable bonds is 4. The zero-order valence-corrected chi connectivity index (χ0v) is 14.7. The molecule has 3 rings (SSSR count). The van der Waals surface area contributed by atoms with Crippen molar-refractivity contribution in [3.63, 3.8) is 0 Å². The van der Waals surface area contributed by atoms with Crippen LogP contribution in [-0.2, 0) is 11.3 Å². The lowest BCUT2D eigenvalue weighted by Gasteiger charge is -2.29. The number of carbonyl (C=O) groups is 1. The van der Waals surface area contributed by atoms with E-state index in [9.17, 15) is 9.59 Å². The zero-order chi connectivity index (χ0) is 17.1. The lowest BCUT2D eigenvalue weighted by Crippen LogP contribution is -2.41. The van der Waals surface area contributed by atoms with Crippen molar-refractivity contribution in [1.29, 1.82) is 0 Å². The fourth-order valence-corrected chi connectivity index (χ4v) is 3.71. The number of benzene rings is 1. The number of hydrogen-bond acceptors (Lipinski definition) is 3. The van der Waals surface area contributed by atoms with Crippen molar-refractivity contribution in [3.8, 4) is 0 Å². The predicted octanol–water partition coefficient (Wildman–Crippen LogP) is 3.14. The van der Waals surface area contributed by atoms with E-state index in [0.717, 1.165) is 11.9 Å². The first-order chi connectivity index (χ1) is 11.6. The van der Waals surface area contributed by atoms with Gasteiger partial charge in [-0.1, -0.05) is 31.9 Å². The number of amides is 1. The van der Waals surface area contributed by atoms with Gasteiger partial charge in [-0.25, -0.2) is 0 Å². The Labute approximate surface area is 146 Å². The highest BCUT2D eigenvalue weighted by Gasteiger charge is 2.22. The van der Waals surface area contributed by atoms with Crippen LogP contribution < -0.4 is 10.9 Å². The van der Waals surface area contributed by atoms with Crippen molar-refractivity contribution < 1.29 is 4.79 Å². The zero-order valence-electron chi connectivity index (χ0n) is 13.9. The van der Waals surface area contributed by atoms with Gasteiger partial charge in [-0.2, -0.15) is 0 Å². The summed E-state index contributed by atoms with van der Waals surface area (Å²) in [7, 11) is 0. The first-order valence-corrected chi connectivity index (χ1v) is 8.98. The highest BCUT2D eigenvalue weighted by atomic mass is 32.1. The van der Waals surface area contributed by atoms with Crippen LogP contribution in [0, 0.1) is 10.7 Å². The molecule has 1 aliphatic rings. The van der Waals surface area contributed by atoms with Gasteiger partial charge in [-0.05, 0) is 43.1 Å². The number of carbonyl (C=O) groups excluding carboxylic acids is 1. The topological polar surface area (TPSA) is 66.9 Å². The Hall–Kier alpha value is -1.95. The molecule has 24 heavy (non-hydrogen) atoms. The average molecular weight is 345 g/mol. The molecule has 6 heteroatoms. The molecular formula is C18H23N3O2S. The summed E-state index contributed by atoms with van der Waals surface area (Å²) in [6, 6.07) is 7.53. The second-order valence-corrected chi connectivity index (χ2v) is 7.00. The number of nitrogens with zero attached hydrogens (tertiary/aromatic N) is 1. The maximum Gasteiger partial charge on any atom is 0.262 e. The lowest BCUT2D eigenvalue weighted by atomic mass is 9.86. The number of fused-ring (bicyclic) bond motifs is 1. The monoisotopic (exact) mass is 345 g/mol. The summed E-state index contributed by atoms with van der Waals surface area (Å²) < 4.78 is 1.83. The Balaban J connectivity index is 1.70. The molecule has 2 aromatic rings. The minimum atomic E-state index is -0.145. The van der Waals surface area contributed by atoms with Crippen molar-refractivity contribution in [2.24, 2.45) is 5.92 Å². The van der Waals surface area contributed by atoms with Gasteiger partial charge in [0.15, 0.2) is 4.77 Å². The van der Waals surface area contributed by atoms with Gasteiger partial charge in [0.05, 0.1) is 10.9 Å². The quantitative estimate of drug-likeness (QED) is 0.837. The summed E-state index contributed by atoms with van der Waals surface area (Å²) in [6.45, 7) is 2.49. The van der Waals surface area contributed by atoms with Gasteiger partial charge in [-0.15, -0.1) is 0 Å². The maximum atomic E-state index is 12.5. The Morgan fingerprint density at radius 2 is 2.08 bits per heavy atom. The smallest absolute Gasteiger partial charge is 0.262 e. The molecule has 0 aliphatic heterocycles. The van der Waals surface area contributed by atoms with Crippen molar-refractivity contribution in [3.05, 3.63) is 39.4 Å². The molecular weight excluding hydrogens is 322 g/mol. The first-order valence-electron chi connectivity index (χ1n) is 8.57. The van der Waals surface area contributed by atoms with Gasteiger partial charge < -0.3 is 10.3 Å². The largest absolute Gasteiger partial charge is 0.353 e. The summed E-state index contributed by atoms with van der Waals surface area (Å²) in [4.78, 5) is 27.9. The fraction of sp³-hybridized carbons (Fsp3) is 0.500. The van der Waals surface area contributed by atoms with E-state index in [1.807, 2.05) is 18.2 Å². The van der Waals surface area contributed by atoms with Gasteiger partial charge >= 0.3 is 0 Å². The standard InChI is InChI=1S/C18H23N3O2S/c1-12-6-2-4-8-14(12)19-16(22)10-11-21-17(23)13-7-3-5-9-15(13)20-18(21)24/h3,5,7,9,12,14H,2,4,6,8,10-11H2,1H3,(H,19,22)(H,20,24). The second-order valence-electron chi connectivity index (χ2n) is 6.62. The molecule has 0 bridgehead atoms. The number of H-pyrrole nitrogens is 1. The highest BCUT2D eigenvalue weighted by Crippen LogP contribution is 2.23. The third-order valence-electron chi connectivity index (χ3n) is 4.91. The van der Waals surface area contributed by atoms with Crippen LogP contribution in [0.5, 0.6) is 0 Å². The van der Waals surface area contributed by atoms with Crippen LogP contribution in [0.1, 0.15) is 39.0 Å². The van der Waals surface area contributed by atoms with Gasteiger partial charge in [0.25, 0.3) is 5.56 Å². The minimum absolute atomic E-state index is 0.0109. The molecule has 0 saturated heterocycles. The Morgan fingerprint density at radius 1 is 1.33 bits per heavy atom. The van der Waals surface area contributed by atoms with Gasteiger partial charge in [0.1, 0.15) is 0 Å². The van der Waals surface area contributed by atoms with Gasteiger partial charge in [0, 0.05) is 19.0 Å². The Morgan fingerprint density at radius 3 is 2.88 bits per heavy atom. The number of nitrogens with one attached hydrogen (secondary N) is 2. The molecule has 2 atom stereocenters. The molecule has 5 nitrogen and oxygen atoms in total. The van der Waals surface area contributed by atoms with Crippen LogP contribution >= 0.6 is 12.2 Å². The molecule has 1 saturated carbocycles. The summed E-state index contributed by atoms with van der Waals surface area (Å²) in [5.74, 6) is 0.511. The van der Waals surface area contributed by atoms with Gasteiger partial charge in [-0.3, -0.25) is 14.2 Å². The van der Waals surface area contributed by atoms with Crippen molar-refractivity contribution in [2.45, 2.75) is 51.6 Å². The molecule has 1 heterocycles. The van der Waals surface area contributed by atoms with Crippen LogP contribution in [0.4, 0.5) is 0 Å². The Kier molecular flexibility index (Phi) is 5.14. The van der Waals surface area contributed by atoms with E-state index in [2.05, 4.69) is 17.2 Å². The number of hydrogen-bond donors (Lipinski definition) is 2. The summed E-state index contributed by atoms with van der Waals surface area (Å²) in [6.07, 6.45) is 4.89. The fourth-order valence-electron chi connectivity index (χ4n) is 3.43. The number of aromatic nitrogens is 2. The third kappa shape index (κ3) is 3.59. The van der Waals surface area contributed by atoms with E-state index in [1.165, 1.54) is 23.8 Å². The van der Waals surface area contributed by atoms with Crippen molar-refractivity contribution in [2.75, 3.05) is 0 Å². The lowest BCUT2D eigenvalue weighted by molar-refractivity contribution is -0.122. The minimum Gasteiger partial charge on any atom is -0.353 e. The molecule has 1 aliphatic carbocycles. The summed E-state index contributed by atoms with van der Waals surface area (Å²) >= 11 is 5.27. The number of para-hydroxylation sites is 1. The highest BCUT2D eigenvalue weighted by molar-refractivity contribution is 7.71. The summed E-state index contributed by atoms with van der Waals surface area (Å²) in [5, 5.41) is 3.71. The molecule has 1 aromatic heterocycles. The molecule has 128 valence electrons. The normalized spacial score (nSPS) is 20.9. The van der Waals surface area contributed by atoms with E-state index in [4.69, 9.17) is 12.2 Å². The van der Waals surface area contributed by atoms with Crippen molar-refractivity contribution >= 4 is 29.0 Å². The molecule has 0 spiro atoms. The maximum absolute atomic E-state index is 12.5. The van der Waals surface area contributed by atoms with E-state index in [-0.39, 0.29) is 23.9 Å². The van der Waals surface area contributed by atoms with Gasteiger partial charge in [0.2, 0.25) is 5.91 Å². The number of aromatic amines is 1. The van der Waals surface area contributed by atoms with E-state index >= 15 is 0 Å². The molecule has 1 fully saturated rings. The molecule has 1 aromatic carbocycles. The Bertz CT molecular complexity index is 855. The SMILES string of the molecule is CC1CCCCC1NC(=O)CCn1c(=S)[nH]c2ccccc2c1=O. The molecule has 2 unspecified atom stereocenters. The third-order valence-corrected chi connectivity index (χ3v) is 5.23. The van der Waals surface area contributed by atoms with Crippen LogP contribution in [0.2, 0.25) is 0 Å². The second kappa shape index (κ2) is 7.30. The van der Waals surface area contributed by atoms with Crippen LogP contribution in [0.3, 0.4) is 0 Å². The molecule has 1 amide bonds. The van der Waals surface area contributed by atoms with E-state index in [1.54, 1.807) is 6.07 Å². The summed E-state index contributed by atoms with van der Waals surface area (Å²) in [5.41, 5.74) is 0.581. The average Bonchev–Trinajstić information content (AvgIpc) is 2.57. The first kappa shape index (κ1) is 16.9.